The average Bonchev–Trinajstić information content (AvgIpc) is 2.06. The molecule has 0 spiro atoms. The van der Waals surface area contributed by atoms with Crippen LogP contribution >= 0.6 is 15.9 Å². The van der Waals surface area contributed by atoms with Crippen molar-refractivity contribution in [3.05, 3.63) is 27.7 Å². The zero-order valence-electron chi connectivity index (χ0n) is 6.97. The Morgan fingerprint density at radius 1 is 1.33 bits per heavy atom. The molecular weight excluding hydrogens is 281 g/mol. The first-order valence-corrected chi connectivity index (χ1v) is 4.35. The number of aromatic hydroxyl groups is 1. The second kappa shape index (κ2) is 3.73. The molecule has 0 saturated carbocycles. The summed E-state index contributed by atoms with van der Waals surface area (Å²) in [4.78, 5) is 10.5. The molecule has 0 saturated heterocycles. The second-order valence-corrected chi connectivity index (χ2v) is 3.51. The van der Waals surface area contributed by atoms with Crippen molar-refractivity contribution in [2.45, 2.75) is 6.18 Å². The van der Waals surface area contributed by atoms with E-state index in [-0.39, 0.29) is 0 Å². The number of benzene rings is 1. The monoisotopic (exact) mass is 284 g/mol. The summed E-state index contributed by atoms with van der Waals surface area (Å²) in [5, 5.41) is 17.6. The van der Waals surface area contributed by atoms with Gasteiger partial charge in [0.05, 0.1) is 5.56 Å². The lowest BCUT2D eigenvalue weighted by Crippen LogP contribution is -2.07. The third-order valence-electron chi connectivity index (χ3n) is 1.62. The van der Waals surface area contributed by atoms with Gasteiger partial charge in [0.25, 0.3) is 0 Å². The van der Waals surface area contributed by atoms with E-state index in [9.17, 15) is 18.0 Å². The Bertz CT molecular complexity index is 414. The van der Waals surface area contributed by atoms with Crippen molar-refractivity contribution in [1.82, 2.24) is 0 Å². The molecule has 2 N–H and O–H groups in total. The van der Waals surface area contributed by atoms with Crippen molar-refractivity contribution in [1.29, 1.82) is 0 Å². The molecule has 7 heteroatoms. The third-order valence-corrected chi connectivity index (χ3v) is 2.28. The molecule has 1 aromatic carbocycles. The van der Waals surface area contributed by atoms with E-state index in [1.165, 1.54) is 0 Å². The molecule has 0 radical (unpaired) electrons. The molecule has 0 aliphatic heterocycles. The Balaban J connectivity index is 3.39. The van der Waals surface area contributed by atoms with Crippen LogP contribution in [0.2, 0.25) is 0 Å². The molecule has 0 fully saturated rings. The van der Waals surface area contributed by atoms with Crippen molar-refractivity contribution < 1.29 is 28.2 Å². The van der Waals surface area contributed by atoms with Crippen molar-refractivity contribution in [2.24, 2.45) is 0 Å². The maximum atomic E-state index is 12.3. The Labute approximate surface area is 90.3 Å². The highest BCUT2D eigenvalue weighted by atomic mass is 79.9. The molecule has 0 aromatic heterocycles. The topological polar surface area (TPSA) is 57.5 Å². The molecule has 0 atom stereocenters. The van der Waals surface area contributed by atoms with Crippen LogP contribution < -0.4 is 0 Å². The minimum Gasteiger partial charge on any atom is -0.507 e. The van der Waals surface area contributed by atoms with Crippen molar-refractivity contribution in [3.8, 4) is 5.75 Å². The van der Waals surface area contributed by atoms with Crippen LogP contribution in [0, 0.1) is 0 Å². The number of halogens is 4. The molecule has 0 aliphatic carbocycles. The molecule has 0 aliphatic rings. The maximum absolute atomic E-state index is 12.3. The minimum atomic E-state index is -4.65. The normalized spacial score (nSPS) is 11.5. The van der Waals surface area contributed by atoms with E-state index in [0.717, 1.165) is 0 Å². The Kier molecular flexibility index (Phi) is 2.94. The van der Waals surface area contributed by atoms with Gasteiger partial charge in [0.2, 0.25) is 0 Å². The molecule has 0 bridgehead atoms. The fourth-order valence-corrected chi connectivity index (χ4v) is 1.52. The van der Waals surface area contributed by atoms with Crippen LogP contribution in [0.25, 0.3) is 0 Å². The Morgan fingerprint density at radius 3 is 2.27 bits per heavy atom. The van der Waals surface area contributed by atoms with Gasteiger partial charge in [-0.1, -0.05) is 15.9 Å². The molecule has 0 amide bonds. The summed E-state index contributed by atoms with van der Waals surface area (Å²) in [5.74, 6) is -2.42. The van der Waals surface area contributed by atoms with E-state index in [1.807, 2.05) is 0 Å². The first-order valence-electron chi connectivity index (χ1n) is 3.56. The fourth-order valence-electron chi connectivity index (χ4n) is 0.950. The summed E-state index contributed by atoms with van der Waals surface area (Å²) in [6.07, 6.45) is -4.65. The number of carboxylic acid groups (broad SMARTS) is 1. The lowest BCUT2D eigenvalue weighted by molar-refractivity contribution is -0.138. The maximum Gasteiger partial charge on any atom is 0.417 e. The van der Waals surface area contributed by atoms with Crippen molar-refractivity contribution >= 4 is 21.9 Å². The molecule has 0 unspecified atom stereocenters. The zero-order chi connectivity index (χ0) is 11.8. The summed E-state index contributed by atoms with van der Waals surface area (Å²) in [5.41, 5.74) is -1.71. The standard InChI is InChI=1S/C8H4BrF3O3/c9-5-1-3(7(14)15)6(13)2-4(5)8(10,11)12/h1-2,13H,(H,14,15). The van der Waals surface area contributed by atoms with E-state index in [4.69, 9.17) is 10.2 Å². The van der Waals surface area contributed by atoms with Gasteiger partial charge in [-0.05, 0) is 12.1 Å². The van der Waals surface area contributed by atoms with Crippen LogP contribution in [0.15, 0.2) is 16.6 Å². The highest BCUT2D eigenvalue weighted by Crippen LogP contribution is 2.38. The van der Waals surface area contributed by atoms with Crippen LogP contribution in [0.1, 0.15) is 15.9 Å². The predicted molar refractivity (Wildman–Crippen MR) is 47.8 cm³/mol. The number of rotatable bonds is 1. The van der Waals surface area contributed by atoms with Crippen molar-refractivity contribution in [3.63, 3.8) is 0 Å². The highest BCUT2D eigenvalue weighted by molar-refractivity contribution is 9.10. The first-order chi connectivity index (χ1) is 6.73. The van der Waals surface area contributed by atoms with Gasteiger partial charge >= 0.3 is 12.1 Å². The van der Waals surface area contributed by atoms with Gasteiger partial charge in [-0.25, -0.2) is 4.79 Å². The van der Waals surface area contributed by atoms with E-state index in [2.05, 4.69) is 15.9 Å². The van der Waals surface area contributed by atoms with Gasteiger partial charge in [-0.15, -0.1) is 0 Å². The fraction of sp³-hybridized carbons (Fsp3) is 0.125. The molecule has 1 rings (SSSR count). The van der Waals surface area contributed by atoms with Crippen LogP contribution in [0.4, 0.5) is 13.2 Å². The molecule has 1 aromatic rings. The second-order valence-electron chi connectivity index (χ2n) is 2.65. The average molecular weight is 285 g/mol. The van der Waals surface area contributed by atoms with E-state index in [0.29, 0.717) is 12.1 Å². The number of phenols is 1. The lowest BCUT2D eigenvalue weighted by Gasteiger charge is -2.10. The van der Waals surface area contributed by atoms with Gasteiger partial charge < -0.3 is 10.2 Å². The quantitative estimate of drug-likeness (QED) is 0.834. The Hall–Kier alpha value is -1.24. The van der Waals surface area contributed by atoms with Gasteiger partial charge in [0.15, 0.2) is 0 Å². The summed E-state index contributed by atoms with van der Waals surface area (Å²) < 4.78 is 36.4. The number of carbonyl (C=O) groups is 1. The van der Waals surface area contributed by atoms with E-state index in [1.54, 1.807) is 0 Å². The van der Waals surface area contributed by atoms with Gasteiger partial charge in [-0.2, -0.15) is 13.2 Å². The number of aromatic carboxylic acids is 1. The minimum absolute atomic E-state index is 0.369. The Morgan fingerprint density at radius 2 is 1.87 bits per heavy atom. The molecular formula is C8H4BrF3O3. The number of carboxylic acids is 1. The molecule has 0 heterocycles. The van der Waals surface area contributed by atoms with Crippen molar-refractivity contribution in [2.75, 3.05) is 0 Å². The summed E-state index contributed by atoms with van der Waals surface area (Å²) in [7, 11) is 0. The van der Waals surface area contributed by atoms with Crippen LogP contribution in [0.5, 0.6) is 5.75 Å². The highest BCUT2D eigenvalue weighted by Gasteiger charge is 2.34. The van der Waals surface area contributed by atoms with Gasteiger partial charge in [0.1, 0.15) is 11.3 Å². The summed E-state index contributed by atoms with van der Waals surface area (Å²) >= 11 is 2.59. The number of hydrogen-bond acceptors (Lipinski definition) is 2. The van der Waals surface area contributed by atoms with E-state index < -0.39 is 33.5 Å². The van der Waals surface area contributed by atoms with Crippen LogP contribution in [-0.4, -0.2) is 16.2 Å². The summed E-state index contributed by atoms with van der Waals surface area (Å²) in [6, 6.07) is 1.08. The smallest absolute Gasteiger partial charge is 0.417 e. The number of alkyl halides is 3. The largest absolute Gasteiger partial charge is 0.507 e. The van der Waals surface area contributed by atoms with Crippen LogP contribution in [0.3, 0.4) is 0 Å². The molecule has 15 heavy (non-hydrogen) atoms. The van der Waals surface area contributed by atoms with Crippen LogP contribution in [-0.2, 0) is 6.18 Å². The molecule has 82 valence electrons. The SMILES string of the molecule is O=C(O)c1cc(Br)c(C(F)(F)F)cc1O. The van der Waals surface area contributed by atoms with E-state index >= 15 is 0 Å². The molecule has 3 nitrogen and oxygen atoms in total. The lowest BCUT2D eigenvalue weighted by atomic mass is 10.1. The zero-order valence-corrected chi connectivity index (χ0v) is 8.56. The third kappa shape index (κ3) is 2.41. The first kappa shape index (κ1) is 11.8. The predicted octanol–water partition coefficient (Wildman–Crippen LogP) is 2.87. The number of hydrogen-bond donors (Lipinski definition) is 2. The van der Waals surface area contributed by atoms with Gasteiger partial charge in [-0.3, -0.25) is 0 Å². The van der Waals surface area contributed by atoms with Gasteiger partial charge in [0, 0.05) is 4.47 Å². The summed E-state index contributed by atoms with van der Waals surface area (Å²) in [6.45, 7) is 0.